The Morgan fingerprint density at radius 2 is 2.23 bits per heavy atom. The van der Waals surface area contributed by atoms with Gasteiger partial charge in [-0.2, -0.15) is 11.3 Å². The van der Waals surface area contributed by atoms with Crippen molar-refractivity contribution in [3.05, 3.63) is 27.4 Å². The van der Waals surface area contributed by atoms with Crippen LogP contribution >= 0.6 is 22.7 Å². The summed E-state index contributed by atoms with van der Waals surface area (Å²) in [5, 5.41) is 26.3. The second kappa shape index (κ2) is 8.32. The van der Waals surface area contributed by atoms with Crippen LogP contribution < -0.4 is 0 Å². The minimum Gasteiger partial charge on any atom is -0.396 e. The lowest BCUT2D eigenvalue weighted by atomic mass is 9.47. The van der Waals surface area contributed by atoms with E-state index in [2.05, 4.69) is 24.3 Å². The van der Waals surface area contributed by atoms with Gasteiger partial charge in [-0.3, -0.25) is 4.79 Å². The number of aromatic nitrogens is 1. The molecule has 0 aliphatic heterocycles. The van der Waals surface area contributed by atoms with Crippen molar-refractivity contribution in [2.75, 3.05) is 20.2 Å². The van der Waals surface area contributed by atoms with Gasteiger partial charge in [0.05, 0.1) is 24.9 Å². The number of hydrogen-bond donors (Lipinski definition) is 2. The van der Waals surface area contributed by atoms with E-state index >= 15 is 0 Å². The van der Waals surface area contributed by atoms with Crippen molar-refractivity contribution in [3.8, 4) is 22.9 Å². The van der Waals surface area contributed by atoms with Crippen LogP contribution in [-0.2, 0) is 11.2 Å². The van der Waals surface area contributed by atoms with Gasteiger partial charge in [0.15, 0.2) is 0 Å². The molecule has 2 aliphatic rings. The minimum absolute atomic E-state index is 0.0117. The molecular weight excluding hydrogens is 428 g/mol. The summed E-state index contributed by atoms with van der Waals surface area (Å²) in [4.78, 5) is 20.9. The maximum Gasteiger partial charge on any atom is 0.223 e. The van der Waals surface area contributed by atoms with Gasteiger partial charge >= 0.3 is 0 Å². The average molecular weight is 459 g/mol. The molecule has 1 saturated carbocycles. The standard InChI is InChI=1S/C24H30N2O3S2/c1-5-9-26(4)20(29)11-16-21-17(31-22(25-21)15-7-10-30-13-15)12-18-23(16,2)8-6-19(28)24(18,3)14-27/h1,7,10,13,16,18-19,27-28H,6,8-9,11-12,14H2,2-4H3. The average Bonchev–Trinajstić information content (AvgIpc) is 3.42. The zero-order chi connectivity index (χ0) is 22.4. The molecule has 4 rings (SSSR count). The fraction of sp³-hybridized carbons (Fsp3) is 0.583. The number of carbonyl (C=O) groups excluding carboxylic acids is 1. The summed E-state index contributed by atoms with van der Waals surface area (Å²) in [7, 11) is 1.74. The molecule has 0 saturated heterocycles. The van der Waals surface area contributed by atoms with E-state index in [0.29, 0.717) is 12.8 Å². The number of fused-ring (bicyclic) bond motifs is 2. The second-order valence-corrected chi connectivity index (χ2v) is 11.4. The molecule has 1 fully saturated rings. The summed E-state index contributed by atoms with van der Waals surface area (Å²) in [5.41, 5.74) is 1.28. The van der Waals surface area contributed by atoms with E-state index in [4.69, 9.17) is 11.4 Å². The second-order valence-electron chi connectivity index (χ2n) is 9.53. The molecule has 2 N–H and O–H groups in total. The first-order chi connectivity index (χ1) is 14.7. The number of rotatable bonds is 5. The molecule has 2 aromatic rings. The number of aliphatic hydroxyl groups is 2. The van der Waals surface area contributed by atoms with Crippen LogP contribution in [0.2, 0.25) is 0 Å². The molecule has 2 aliphatic carbocycles. The van der Waals surface area contributed by atoms with E-state index in [1.54, 1.807) is 34.6 Å². The Bertz CT molecular complexity index is 995. The quantitative estimate of drug-likeness (QED) is 0.669. The van der Waals surface area contributed by atoms with Crippen molar-refractivity contribution in [2.24, 2.45) is 16.7 Å². The Balaban J connectivity index is 1.80. The Kier molecular flexibility index (Phi) is 6.04. The molecule has 5 atom stereocenters. The van der Waals surface area contributed by atoms with Crippen LogP contribution in [0.25, 0.3) is 10.6 Å². The first-order valence-electron chi connectivity index (χ1n) is 10.7. The molecule has 0 bridgehead atoms. The van der Waals surface area contributed by atoms with Crippen molar-refractivity contribution in [1.82, 2.24) is 9.88 Å². The molecule has 166 valence electrons. The Morgan fingerprint density at radius 3 is 2.87 bits per heavy atom. The smallest absolute Gasteiger partial charge is 0.223 e. The monoisotopic (exact) mass is 458 g/mol. The number of thiophene rings is 1. The number of hydrogen-bond acceptors (Lipinski definition) is 6. The van der Waals surface area contributed by atoms with Gasteiger partial charge in [0.2, 0.25) is 5.91 Å². The highest BCUT2D eigenvalue weighted by molar-refractivity contribution is 7.15. The number of terminal acetylenes is 1. The molecule has 2 heterocycles. The van der Waals surface area contributed by atoms with Crippen LogP contribution in [0.1, 0.15) is 49.6 Å². The molecule has 1 amide bonds. The largest absolute Gasteiger partial charge is 0.396 e. The minimum atomic E-state index is -0.608. The molecule has 0 radical (unpaired) electrons. The van der Waals surface area contributed by atoms with Crippen LogP contribution in [0.4, 0.5) is 0 Å². The Hall–Kier alpha value is -1.72. The maximum absolute atomic E-state index is 13.1. The topological polar surface area (TPSA) is 73.7 Å². The lowest BCUT2D eigenvalue weighted by molar-refractivity contribution is -0.146. The predicted molar refractivity (Wildman–Crippen MR) is 125 cm³/mol. The predicted octanol–water partition coefficient (Wildman–Crippen LogP) is 3.77. The third-order valence-corrected chi connectivity index (χ3v) is 9.62. The number of amides is 1. The Morgan fingerprint density at radius 1 is 1.45 bits per heavy atom. The first-order valence-corrected chi connectivity index (χ1v) is 12.5. The highest BCUT2D eigenvalue weighted by atomic mass is 32.1. The van der Waals surface area contributed by atoms with E-state index in [-0.39, 0.29) is 36.3 Å². The summed E-state index contributed by atoms with van der Waals surface area (Å²) in [6, 6.07) is 2.08. The van der Waals surface area contributed by atoms with E-state index in [1.165, 1.54) is 4.88 Å². The van der Waals surface area contributed by atoms with Crippen LogP contribution in [0.3, 0.4) is 0 Å². The van der Waals surface area contributed by atoms with Crippen LogP contribution in [0.5, 0.6) is 0 Å². The van der Waals surface area contributed by atoms with Crippen molar-refractivity contribution in [2.45, 2.75) is 51.6 Å². The van der Waals surface area contributed by atoms with Gasteiger partial charge < -0.3 is 15.1 Å². The highest BCUT2D eigenvalue weighted by Gasteiger charge is 2.59. The lowest BCUT2D eigenvalue weighted by Gasteiger charge is -2.58. The highest BCUT2D eigenvalue weighted by Crippen LogP contribution is 2.63. The molecule has 0 spiro atoms. The summed E-state index contributed by atoms with van der Waals surface area (Å²) >= 11 is 3.33. The van der Waals surface area contributed by atoms with Gasteiger partial charge in [-0.25, -0.2) is 4.98 Å². The zero-order valence-electron chi connectivity index (χ0n) is 18.3. The van der Waals surface area contributed by atoms with Crippen LogP contribution in [-0.4, -0.2) is 52.3 Å². The molecule has 5 nitrogen and oxygen atoms in total. The zero-order valence-corrected chi connectivity index (χ0v) is 19.9. The maximum atomic E-state index is 13.1. The van der Waals surface area contributed by atoms with E-state index in [0.717, 1.165) is 29.1 Å². The number of nitrogens with zero attached hydrogens (tertiary/aromatic N) is 2. The van der Waals surface area contributed by atoms with E-state index in [9.17, 15) is 15.0 Å². The summed E-state index contributed by atoms with van der Waals surface area (Å²) in [6.07, 6.45) is 7.40. The molecule has 0 aromatic carbocycles. The first kappa shape index (κ1) is 22.5. The SMILES string of the molecule is C#CCN(C)C(=O)CC1c2nc(-c3ccsc3)sc2CC2C(C)(CO)C(O)CCC12C. The van der Waals surface area contributed by atoms with Crippen molar-refractivity contribution in [3.63, 3.8) is 0 Å². The van der Waals surface area contributed by atoms with Gasteiger partial charge in [0.25, 0.3) is 0 Å². The van der Waals surface area contributed by atoms with Crippen LogP contribution in [0, 0.1) is 29.1 Å². The molecule has 5 unspecified atom stereocenters. The lowest BCUT2D eigenvalue weighted by Crippen LogP contribution is -2.57. The fourth-order valence-electron chi connectivity index (χ4n) is 5.71. The van der Waals surface area contributed by atoms with Gasteiger partial charge in [0.1, 0.15) is 5.01 Å². The molecule has 2 aromatic heterocycles. The van der Waals surface area contributed by atoms with Crippen molar-refractivity contribution < 1.29 is 15.0 Å². The summed E-state index contributed by atoms with van der Waals surface area (Å²) < 4.78 is 0. The van der Waals surface area contributed by atoms with Crippen molar-refractivity contribution >= 4 is 28.6 Å². The van der Waals surface area contributed by atoms with Gasteiger partial charge in [-0.15, -0.1) is 17.8 Å². The molecule has 7 heteroatoms. The molecule has 31 heavy (non-hydrogen) atoms. The van der Waals surface area contributed by atoms with E-state index in [1.807, 2.05) is 12.3 Å². The third-order valence-electron chi connectivity index (χ3n) is 7.79. The summed E-state index contributed by atoms with van der Waals surface area (Å²) in [6.45, 7) is 4.43. The fourth-order valence-corrected chi connectivity index (χ4v) is 7.59. The third kappa shape index (κ3) is 3.64. The van der Waals surface area contributed by atoms with Crippen LogP contribution in [0.15, 0.2) is 16.8 Å². The van der Waals surface area contributed by atoms with E-state index < -0.39 is 11.5 Å². The van der Waals surface area contributed by atoms with Gasteiger partial charge in [0, 0.05) is 40.6 Å². The van der Waals surface area contributed by atoms with Gasteiger partial charge in [-0.1, -0.05) is 19.8 Å². The Labute approximate surface area is 192 Å². The summed E-state index contributed by atoms with van der Waals surface area (Å²) in [5.74, 6) is 2.55. The number of thiazole rings is 1. The number of carbonyl (C=O) groups is 1. The number of aliphatic hydroxyl groups excluding tert-OH is 2. The van der Waals surface area contributed by atoms with Crippen molar-refractivity contribution in [1.29, 1.82) is 0 Å². The van der Waals surface area contributed by atoms with Gasteiger partial charge in [-0.05, 0) is 42.0 Å². The molecular formula is C24H30N2O3S2. The normalized spacial score (nSPS) is 32.1.